The van der Waals surface area contributed by atoms with Crippen molar-refractivity contribution >= 4 is 5.82 Å². The zero-order valence-corrected chi connectivity index (χ0v) is 9.99. The molecular weight excluding hydrogens is 278 g/mol. The van der Waals surface area contributed by atoms with Gasteiger partial charge in [-0.25, -0.2) is 14.4 Å². The van der Waals surface area contributed by atoms with Crippen LogP contribution in [0, 0.1) is 5.82 Å². The van der Waals surface area contributed by atoms with E-state index in [0.717, 1.165) is 12.1 Å². The molecule has 1 heterocycles. The average Bonchev–Trinajstić information content (AvgIpc) is 2.36. The van der Waals surface area contributed by atoms with Crippen molar-refractivity contribution in [1.29, 1.82) is 0 Å². The molecule has 0 atom stereocenters. The van der Waals surface area contributed by atoms with Crippen LogP contribution in [-0.2, 0) is 12.8 Å². The van der Waals surface area contributed by atoms with Gasteiger partial charge in [0.15, 0.2) is 5.82 Å². The summed E-state index contributed by atoms with van der Waals surface area (Å²) in [4.78, 5) is 7.40. The topological polar surface area (TPSA) is 61.0 Å². The lowest BCUT2D eigenvalue weighted by Crippen LogP contribution is -2.14. The number of nitrogen functional groups attached to an aromatic ring is 1. The minimum atomic E-state index is -4.81. The Morgan fingerprint density at radius 1 is 1.15 bits per heavy atom. The van der Waals surface area contributed by atoms with Crippen molar-refractivity contribution in [3.63, 3.8) is 0 Å². The van der Waals surface area contributed by atoms with Gasteiger partial charge in [-0.1, -0.05) is 12.1 Å². The summed E-state index contributed by atoms with van der Waals surface area (Å²) < 4.78 is 56.7. The van der Waals surface area contributed by atoms with Gasteiger partial charge in [-0.15, -0.1) is 0 Å². The quantitative estimate of drug-likeness (QED) is 0.882. The summed E-state index contributed by atoms with van der Waals surface area (Å²) in [6.07, 6.45) is -2.22. The van der Waals surface area contributed by atoms with Gasteiger partial charge in [0.1, 0.15) is 12.4 Å². The Morgan fingerprint density at radius 3 is 2.50 bits per heavy atom. The van der Waals surface area contributed by atoms with Gasteiger partial charge in [-0.05, 0) is 6.07 Å². The smallest absolute Gasteiger partial charge is 0.419 e. The monoisotopic (exact) mass is 287 g/mol. The summed E-state index contributed by atoms with van der Waals surface area (Å²) in [5, 5.41) is 0. The van der Waals surface area contributed by atoms with Gasteiger partial charge in [-0.3, -0.25) is 0 Å². The Balaban J connectivity index is 2.27. The van der Waals surface area contributed by atoms with E-state index in [4.69, 9.17) is 10.5 Å². The molecule has 0 unspecified atom stereocenters. The van der Waals surface area contributed by atoms with Crippen LogP contribution in [0.1, 0.15) is 11.1 Å². The van der Waals surface area contributed by atoms with Crippen LogP contribution in [0.3, 0.4) is 0 Å². The molecule has 0 fully saturated rings. The molecule has 4 nitrogen and oxygen atoms in total. The summed E-state index contributed by atoms with van der Waals surface area (Å²) >= 11 is 0. The molecule has 0 saturated carbocycles. The Kier molecular flexibility index (Phi) is 3.73. The minimum absolute atomic E-state index is 0.0579. The number of nitrogens with zero attached hydrogens (tertiary/aromatic N) is 2. The van der Waals surface area contributed by atoms with E-state index in [1.54, 1.807) is 0 Å². The van der Waals surface area contributed by atoms with Gasteiger partial charge in [0.25, 0.3) is 5.88 Å². The molecular formula is C12H9F4N3O. The van der Waals surface area contributed by atoms with Gasteiger partial charge < -0.3 is 10.5 Å². The average molecular weight is 287 g/mol. The fraction of sp³-hybridized carbons (Fsp3) is 0.167. The van der Waals surface area contributed by atoms with E-state index in [2.05, 4.69) is 9.97 Å². The van der Waals surface area contributed by atoms with Crippen LogP contribution in [0.25, 0.3) is 0 Å². The highest BCUT2D eigenvalue weighted by Crippen LogP contribution is 2.34. The normalized spacial score (nSPS) is 11.4. The van der Waals surface area contributed by atoms with E-state index in [-0.39, 0.29) is 17.3 Å². The number of nitrogens with two attached hydrogens (primary N) is 1. The van der Waals surface area contributed by atoms with Crippen molar-refractivity contribution in [3.8, 4) is 5.88 Å². The first-order chi connectivity index (χ1) is 9.39. The molecule has 0 aliphatic heterocycles. The predicted molar refractivity (Wildman–Crippen MR) is 62.2 cm³/mol. The maximum Gasteiger partial charge on any atom is 0.419 e. The summed E-state index contributed by atoms with van der Waals surface area (Å²) in [6.45, 7) is -0.518. The fourth-order valence-electron chi connectivity index (χ4n) is 1.60. The number of hydrogen-bond acceptors (Lipinski definition) is 4. The Morgan fingerprint density at radius 2 is 1.85 bits per heavy atom. The van der Waals surface area contributed by atoms with Crippen molar-refractivity contribution in [2.75, 3.05) is 5.73 Å². The second-order valence-electron chi connectivity index (χ2n) is 3.81. The van der Waals surface area contributed by atoms with Crippen LogP contribution in [0.5, 0.6) is 5.88 Å². The van der Waals surface area contributed by atoms with Gasteiger partial charge in [0.05, 0.1) is 5.56 Å². The largest absolute Gasteiger partial charge is 0.470 e. The van der Waals surface area contributed by atoms with E-state index >= 15 is 0 Å². The Labute approximate surface area is 111 Å². The molecule has 0 amide bonds. The molecule has 20 heavy (non-hydrogen) atoms. The minimum Gasteiger partial charge on any atom is -0.470 e. The van der Waals surface area contributed by atoms with Gasteiger partial charge in [0.2, 0.25) is 0 Å². The molecule has 1 aromatic heterocycles. The van der Waals surface area contributed by atoms with Crippen molar-refractivity contribution in [2.45, 2.75) is 12.8 Å². The number of hydrogen-bond donors (Lipinski definition) is 1. The maximum absolute atomic E-state index is 13.3. The predicted octanol–water partition coefficient (Wildman–Crippen LogP) is 2.80. The van der Waals surface area contributed by atoms with Crippen LogP contribution in [0.2, 0.25) is 0 Å². The van der Waals surface area contributed by atoms with E-state index in [1.807, 2.05) is 0 Å². The molecule has 0 spiro atoms. The van der Waals surface area contributed by atoms with Crippen molar-refractivity contribution in [2.24, 2.45) is 0 Å². The summed E-state index contributed by atoms with van der Waals surface area (Å²) in [7, 11) is 0. The van der Waals surface area contributed by atoms with Gasteiger partial charge in [-0.2, -0.15) is 13.2 Å². The SMILES string of the molecule is Nc1nccnc1OCc1cccc(F)c1C(F)(F)F. The molecule has 2 N–H and O–H groups in total. The number of ether oxygens (including phenoxy) is 1. The molecule has 0 aliphatic carbocycles. The van der Waals surface area contributed by atoms with Crippen molar-refractivity contribution < 1.29 is 22.3 Å². The molecule has 0 radical (unpaired) electrons. The molecule has 2 rings (SSSR count). The van der Waals surface area contributed by atoms with Crippen molar-refractivity contribution in [3.05, 3.63) is 47.5 Å². The second-order valence-corrected chi connectivity index (χ2v) is 3.81. The summed E-state index contributed by atoms with van der Waals surface area (Å²) in [5.41, 5.74) is 3.74. The lowest BCUT2D eigenvalue weighted by Gasteiger charge is -2.14. The highest BCUT2D eigenvalue weighted by atomic mass is 19.4. The fourth-order valence-corrected chi connectivity index (χ4v) is 1.60. The summed E-state index contributed by atoms with van der Waals surface area (Å²) in [5.74, 6) is -1.52. The van der Waals surface area contributed by atoms with E-state index < -0.39 is 24.2 Å². The van der Waals surface area contributed by atoms with Crippen molar-refractivity contribution in [1.82, 2.24) is 9.97 Å². The van der Waals surface area contributed by atoms with Crippen LogP contribution in [0.15, 0.2) is 30.6 Å². The number of aromatic nitrogens is 2. The molecule has 8 heteroatoms. The molecule has 0 aliphatic rings. The van der Waals surface area contributed by atoms with Crippen LogP contribution >= 0.6 is 0 Å². The summed E-state index contributed by atoms with van der Waals surface area (Å²) in [6, 6.07) is 3.03. The lowest BCUT2D eigenvalue weighted by molar-refractivity contribution is -0.141. The molecule has 1 aromatic carbocycles. The Hall–Kier alpha value is -2.38. The zero-order valence-electron chi connectivity index (χ0n) is 9.99. The third-order valence-corrected chi connectivity index (χ3v) is 2.44. The first kappa shape index (κ1) is 14.0. The maximum atomic E-state index is 13.3. The number of anilines is 1. The first-order valence-electron chi connectivity index (χ1n) is 5.43. The highest BCUT2D eigenvalue weighted by molar-refractivity contribution is 5.39. The lowest BCUT2D eigenvalue weighted by atomic mass is 10.1. The van der Waals surface area contributed by atoms with Crippen LogP contribution in [-0.4, -0.2) is 9.97 Å². The van der Waals surface area contributed by atoms with E-state index in [1.165, 1.54) is 18.5 Å². The van der Waals surface area contributed by atoms with Crippen LogP contribution < -0.4 is 10.5 Å². The third kappa shape index (κ3) is 2.95. The van der Waals surface area contributed by atoms with E-state index in [0.29, 0.717) is 0 Å². The molecule has 2 aromatic rings. The number of rotatable bonds is 3. The zero-order chi connectivity index (χ0) is 14.8. The van der Waals surface area contributed by atoms with E-state index in [9.17, 15) is 17.6 Å². The number of benzene rings is 1. The molecule has 0 saturated heterocycles. The molecule has 106 valence electrons. The first-order valence-corrected chi connectivity index (χ1v) is 5.43. The van der Waals surface area contributed by atoms with Gasteiger partial charge in [0, 0.05) is 18.0 Å². The number of halogens is 4. The Bertz CT molecular complexity index is 616. The molecule has 0 bridgehead atoms. The van der Waals surface area contributed by atoms with Crippen LogP contribution in [0.4, 0.5) is 23.4 Å². The van der Waals surface area contributed by atoms with Gasteiger partial charge >= 0.3 is 6.18 Å². The second kappa shape index (κ2) is 5.32. The standard InChI is InChI=1S/C12H9F4N3O/c13-8-3-1-2-7(9(8)12(14,15)16)6-20-11-10(17)18-4-5-19-11/h1-5H,6H2,(H2,17,18). The number of alkyl halides is 3. The third-order valence-electron chi connectivity index (χ3n) is 2.44. The highest BCUT2D eigenvalue weighted by Gasteiger charge is 2.36.